The van der Waals surface area contributed by atoms with E-state index >= 15 is 0 Å². The molecule has 0 saturated heterocycles. The normalized spacial score (nSPS) is 20.4. The Hall–Kier alpha value is -5.58. The third-order valence-corrected chi connectivity index (χ3v) is 18.4. The largest absolute Gasteiger partial charge is 0.400 e. The van der Waals surface area contributed by atoms with Crippen molar-refractivity contribution in [1.29, 1.82) is 0 Å². The van der Waals surface area contributed by atoms with Crippen LogP contribution in [0.25, 0.3) is 53.6 Å². The molecule has 1 aromatic heterocycles. The van der Waals surface area contributed by atoms with Crippen LogP contribution in [-0.2, 0) is 23.7 Å². The highest BCUT2D eigenvalue weighted by atomic mass is 32.1. The topological polar surface area (TPSA) is 6.48 Å². The number of fused-ring (bicyclic) bond motifs is 15. The van der Waals surface area contributed by atoms with E-state index in [-0.39, 0.29) is 23.2 Å². The quantitative estimate of drug-likeness (QED) is 0.140. The summed E-state index contributed by atoms with van der Waals surface area (Å²) in [4.78, 5) is 5.89. The van der Waals surface area contributed by atoms with Crippen LogP contribution in [0, 0.1) is 0 Å². The van der Waals surface area contributed by atoms with Crippen molar-refractivity contribution in [3.63, 3.8) is 0 Å². The fourth-order valence-electron chi connectivity index (χ4n) is 13.9. The van der Waals surface area contributed by atoms with E-state index in [9.17, 15) is 0 Å². The zero-order valence-electron chi connectivity index (χ0n) is 39.1. The summed E-state index contributed by atoms with van der Waals surface area (Å²) in [6.07, 6.45) is 12.0. The minimum absolute atomic E-state index is 0.0413. The Morgan fingerprint density at radius 3 is 2.15 bits per heavy atom. The Bertz CT molecular complexity index is 3290. The molecule has 3 aliphatic heterocycles. The van der Waals surface area contributed by atoms with Crippen LogP contribution in [0.2, 0.25) is 0 Å². The van der Waals surface area contributed by atoms with Gasteiger partial charge < -0.3 is 9.71 Å². The second-order valence-corrected chi connectivity index (χ2v) is 22.2. The fraction of sp³-hybridized carbons (Fsp3) is 0.311. The van der Waals surface area contributed by atoms with E-state index in [1.807, 2.05) is 11.3 Å². The maximum atomic E-state index is 3.05. The number of hydrogen-bond acceptors (Lipinski definition) is 3. The van der Waals surface area contributed by atoms with Gasteiger partial charge in [-0.3, -0.25) is 0 Å². The van der Waals surface area contributed by atoms with E-state index in [1.54, 1.807) is 5.56 Å². The first-order valence-electron chi connectivity index (χ1n) is 24.9. The lowest BCUT2D eigenvalue weighted by molar-refractivity contribution is 0.199. The molecule has 0 N–H and O–H groups in total. The van der Waals surface area contributed by atoms with Gasteiger partial charge in [0.15, 0.2) is 0 Å². The van der Waals surface area contributed by atoms with Crippen LogP contribution < -0.4 is 20.6 Å². The fourth-order valence-corrected chi connectivity index (χ4v) is 15.1. The highest BCUT2D eigenvalue weighted by Crippen LogP contribution is 2.65. The maximum absolute atomic E-state index is 3.05. The van der Waals surface area contributed by atoms with Crippen LogP contribution >= 0.6 is 11.3 Å². The van der Waals surface area contributed by atoms with Crippen molar-refractivity contribution in [2.24, 2.45) is 0 Å². The van der Waals surface area contributed by atoms with Gasteiger partial charge in [0, 0.05) is 59.0 Å². The molecule has 1 fully saturated rings. The molecule has 322 valence electrons. The standard InChI is InChI=1S/C61H59BN2S/c1-7-9-20-38-28-30-50(43(34-38)40-22-12-11-13-23-40)63-57-49(29-31-52-53(57)42-25-15-17-27-51(42)65-52)62-55-45(37-44-41-24-14-16-26-47(41)59(3,4)54(44)58(55)63)46-35-39(21-10-8-2)36-48-56(46)64(62)61(6)33-19-18-32-60(48,61)5/h11-17,22-31,34-37H,7-10,18-21,32-33H2,1-6H3. The highest BCUT2D eigenvalue weighted by Gasteiger charge is 2.63. The Kier molecular flexibility index (Phi) is 8.69. The van der Waals surface area contributed by atoms with Crippen LogP contribution in [-0.4, -0.2) is 12.4 Å². The molecule has 2 nitrogen and oxygen atoms in total. The van der Waals surface area contributed by atoms with E-state index in [1.165, 1.54) is 161 Å². The summed E-state index contributed by atoms with van der Waals surface area (Å²) in [5.41, 5.74) is 24.0. The lowest BCUT2D eigenvalue weighted by Gasteiger charge is -2.55. The Morgan fingerprint density at radius 2 is 1.32 bits per heavy atom. The third-order valence-electron chi connectivity index (χ3n) is 17.3. The molecule has 0 amide bonds. The molecule has 2 atom stereocenters. The molecular weight excluding hydrogens is 804 g/mol. The van der Waals surface area contributed by atoms with E-state index in [4.69, 9.17) is 0 Å². The van der Waals surface area contributed by atoms with Crippen LogP contribution in [0.1, 0.15) is 121 Å². The summed E-state index contributed by atoms with van der Waals surface area (Å²) in [6, 6.07) is 50.5. The van der Waals surface area contributed by atoms with Crippen molar-refractivity contribution >= 4 is 72.0 Å². The van der Waals surface area contributed by atoms with Crippen molar-refractivity contribution in [3.05, 3.63) is 155 Å². The van der Waals surface area contributed by atoms with Crippen molar-refractivity contribution in [2.75, 3.05) is 9.71 Å². The first kappa shape index (κ1) is 39.8. The molecule has 4 heterocycles. The van der Waals surface area contributed by atoms with Crippen molar-refractivity contribution < 1.29 is 0 Å². The number of anilines is 4. The smallest absolute Gasteiger partial charge is 0.328 e. The summed E-state index contributed by atoms with van der Waals surface area (Å²) >= 11 is 1.96. The van der Waals surface area contributed by atoms with Gasteiger partial charge in [-0.2, -0.15) is 0 Å². The second-order valence-electron chi connectivity index (χ2n) is 21.1. The molecule has 0 radical (unpaired) electrons. The van der Waals surface area contributed by atoms with Gasteiger partial charge in [0.05, 0.1) is 11.4 Å². The number of thiophene rings is 1. The molecule has 2 unspecified atom stereocenters. The average molecular weight is 863 g/mol. The summed E-state index contributed by atoms with van der Waals surface area (Å²) in [5, 5.41) is 2.76. The van der Waals surface area contributed by atoms with E-state index in [2.05, 4.69) is 179 Å². The molecular formula is C61H59BN2S. The van der Waals surface area contributed by atoms with Gasteiger partial charge in [0.25, 0.3) is 0 Å². The molecule has 8 aromatic rings. The molecule has 0 spiro atoms. The highest BCUT2D eigenvalue weighted by molar-refractivity contribution is 7.26. The Morgan fingerprint density at radius 1 is 0.585 bits per heavy atom. The predicted molar refractivity (Wildman–Crippen MR) is 281 cm³/mol. The predicted octanol–water partition coefficient (Wildman–Crippen LogP) is 15.7. The third kappa shape index (κ3) is 5.24. The van der Waals surface area contributed by atoms with Gasteiger partial charge in [-0.25, -0.2) is 0 Å². The minimum atomic E-state index is -0.238. The minimum Gasteiger partial charge on any atom is -0.400 e. The molecule has 2 aliphatic carbocycles. The SMILES string of the molecule is CCCCc1ccc(N2c3c4c(cc5c3C(C)(C)c3ccccc3-5)-c3cc(CCCC)cc5c3N(B4c3ccc4sc6ccccc6c4c32)C2(C)CCCCC52C)c(-c2ccccc2)c1. The molecule has 4 heteroatoms. The molecule has 0 bridgehead atoms. The first-order chi connectivity index (χ1) is 31.7. The summed E-state index contributed by atoms with van der Waals surface area (Å²) in [5.74, 6) is 0. The van der Waals surface area contributed by atoms with Gasteiger partial charge in [-0.1, -0.05) is 151 Å². The lowest BCUT2D eigenvalue weighted by Crippen LogP contribution is -2.71. The van der Waals surface area contributed by atoms with Gasteiger partial charge in [-0.05, 0) is 143 Å². The van der Waals surface area contributed by atoms with E-state index in [0.29, 0.717) is 0 Å². The maximum Gasteiger partial charge on any atom is 0.328 e. The van der Waals surface area contributed by atoms with Gasteiger partial charge in [-0.15, -0.1) is 11.3 Å². The average Bonchev–Trinajstić information content (AvgIpc) is 3.90. The van der Waals surface area contributed by atoms with Crippen LogP contribution in [0.15, 0.2) is 127 Å². The zero-order chi connectivity index (χ0) is 44.0. The summed E-state index contributed by atoms with van der Waals surface area (Å²) in [6.45, 7) is 15.1. The summed E-state index contributed by atoms with van der Waals surface area (Å²) < 4.78 is 2.72. The lowest BCUT2D eigenvalue weighted by atomic mass is 9.41. The van der Waals surface area contributed by atoms with Crippen molar-refractivity contribution in [3.8, 4) is 33.4 Å². The molecule has 65 heavy (non-hydrogen) atoms. The number of hydrogen-bond donors (Lipinski definition) is 0. The number of benzene rings is 7. The number of nitrogens with zero attached hydrogens (tertiary/aromatic N) is 2. The molecule has 5 aliphatic rings. The monoisotopic (exact) mass is 862 g/mol. The van der Waals surface area contributed by atoms with Crippen molar-refractivity contribution in [1.82, 2.24) is 0 Å². The second kappa shape index (κ2) is 14.2. The van der Waals surface area contributed by atoms with Gasteiger partial charge in [0.2, 0.25) is 0 Å². The number of aryl methyl sites for hydroxylation is 2. The van der Waals surface area contributed by atoms with E-state index < -0.39 is 0 Å². The Labute approximate surface area is 390 Å². The van der Waals surface area contributed by atoms with Gasteiger partial charge in [0.1, 0.15) is 0 Å². The van der Waals surface area contributed by atoms with E-state index in [0.717, 1.165) is 12.8 Å². The van der Waals surface area contributed by atoms with Crippen LogP contribution in [0.5, 0.6) is 0 Å². The Balaban J connectivity index is 1.24. The number of rotatable bonds is 8. The molecule has 1 saturated carbocycles. The van der Waals surface area contributed by atoms with Crippen LogP contribution in [0.4, 0.5) is 22.7 Å². The first-order valence-corrected chi connectivity index (χ1v) is 25.7. The molecule has 7 aromatic carbocycles. The summed E-state index contributed by atoms with van der Waals surface area (Å²) in [7, 11) is 0. The molecule has 13 rings (SSSR count). The van der Waals surface area contributed by atoms with Gasteiger partial charge >= 0.3 is 6.85 Å². The van der Waals surface area contributed by atoms with Crippen molar-refractivity contribution in [2.45, 2.75) is 122 Å². The zero-order valence-corrected chi connectivity index (χ0v) is 39.9. The van der Waals surface area contributed by atoms with Crippen LogP contribution in [0.3, 0.4) is 0 Å². The number of unbranched alkanes of at least 4 members (excludes halogenated alkanes) is 2.